The third-order valence-corrected chi connectivity index (χ3v) is 12.6. The fourth-order valence-corrected chi connectivity index (χ4v) is 8.29. The van der Waals surface area contributed by atoms with Crippen LogP contribution in [-0.2, 0) is 28.6 Å². The molecule has 0 N–H and O–H groups in total. The molecule has 0 aromatic rings. The number of carbonyl (C=O) groups is 3. The number of allylic oxidation sites excluding steroid dienone is 6. The molecule has 0 aliphatic carbocycles. The molecule has 0 aliphatic rings. The van der Waals surface area contributed by atoms with Crippen LogP contribution in [0.4, 0.5) is 0 Å². The van der Waals surface area contributed by atoms with Crippen LogP contribution in [0.15, 0.2) is 36.5 Å². The third-order valence-electron chi connectivity index (χ3n) is 12.6. The molecule has 380 valence electrons. The van der Waals surface area contributed by atoms with Crippen molar-refractivity contribution in [1.82, 2.24) is 0 Å². The van der Waals surface area contributed by atoms with E-state index < -0.39 is 6.10 Å². The first-order chi connectivity index (χ1) is 32.0. The van der Waals surface area contributed by atoms with Gasteiger partial charge in [0.2, 0.25) is 0 Å². The van der Waals surface area contributed by atoms with Crippen molar-refractivity contribution in [3.05, 3.63) is 36.5 Å². The van der Waals surface area contributed by atoms with Crippen molar-refractivity contribution in [2.75, 3.05) is 13.2 Å². The SMILES string of the molecule is CCCCC/C=C\C/C=C\CCCCCCCC(=O)OCC(COC(=O)CCCCCCC/C=C\CCCCCCCCC)OC(=O)CCCCCCCCCCCCCCCCCC. The van der Waals surface area contributed by atoms with Crippen LogP contribution < -0.4 is 0 Å². The van der Waals surface area contributed by atoms with E-state index in [0.29, 0.717) is 19.3 Å². The number of hydrogen-bond donors (Lipinski definition) is 0. The van der Waals surface area contributed by atoms with E-state index in [9.17, 15) is 14.4 Å². The van der Waals surface area contributed by atoms with E-state index in [2.05, 4.69) is 57.2 Å². The van der Waals surface area contributed by atoms with Crippen LogP contribution in [0.1, 0.15) is 303 Å². The van der Waals surface area contributed by atoms with Gasteiger partial charge in [-0.15, -0.1) is 0 Å². The minimum Gasteiger partial charge on any atom is -0.462 e. The maximum Gasteiger partial charge on any atom is 0.306 e. The third kappa shape index (κ3) is 52.5. The average Bonchev–Trinajstić information content (AvgIpc) is 3.30. The molecule has 0 spiro atoms. The van der Waals surface area contributed by atoms with E-state index >= 15 is 0 Å². The molecule has 0 heterocycles. The molecule has 0 aromatic heterocycles. The quantitative estimate of drug-likeness (QED) is 0.0262. The predicted molar refractivity (Wildman–Crippen MR) is 279 cm³/mol. The molecule has 0 bridgehead atoms. The van der Waals surface area contributed by atoms with Gasteiger partial charge in [-0.2, -0.15) is 0 Å². The number of esters is 3. The van der Waals surface area contributed by atoms with E-state index in [0.717, 1.165) is 83.5 Å². The first-order valence-corrected chi connectivity index (χ1v) is 28.5. The second kappa shape index (κ2) is 54.2. The van der Waals surface area contributed by atoms with Gasteiger partial charge in [-0.25, -0.2) is 0 Å². The Morgan fingerprint density at radius 3 is 0.892 bits per heavy atom. The maximum absolute atomic E-state index is 12.8. The molecule has 65 heavy (non-hydrogen) atoms. The van der Waals surface area contributed by atoms with Crippen LogP contribution in [0.25, 0.3) is 0 Å². The largest absolute Gasteiger partial charge is 0.462 e. The highest BCUT2D eigenvalue weighted by Crippen LogP contribution is 2.16. The summed E-state index contributed by atoms with van der Waals surface area (Å²) in [4.78, 5) is 38.1. The van der Waals surface area contributed by atoms with E-state index in [1.54, 1.807) is 0 Å². The fraction of sp³-hybridized carbons (Fsp3) is 0.847. The highest BCUT2D eigenvalue weighted by Gasteiger charge is 2.19. The normalized spacial score (nSPS) is 12.2. The van der Waals surface area contributed by atoms with Crippen LogP contribution in [0.2, 0.25) is 0 Å². The lowest BCUT2D eigenvalue weighted by Crippen LogP contribution is -2.30. The first-order valence-electron chi connectivity index (χ1n) is 28.5. The Morgan fingerprint density at radius 1 is 0.308 bits per heavy atom. The molecule has 0 aromatic carbocycles. The number of hydrogen-bond acceptors (Lipinski definition) is 6. The summed E-state index contributed by atoms with van der Waals surface area (Å²) in [6.45, 7) is 6.63. The monoisotopic (exact) mass is 913 g/mol. The molecule has 0 aliphatic heterocycles. The maximum atomic E-state index is 12.8. The summed E-state index contributed by atoms with van der Waals surface area (Å²) in [5.74, 6) is -0.882. The van der Waals surface area contributed by atoms with E-state index in [-0.39, 0.29) is 31.1 Å². The molecule has 0 saturated carbocycles. The van der Waals surface area contributed by atoms with Crippen molar-refractivity contribution in [2.45, 2.75) is 309 Å². The molecule has 6 nitrogen and oxygen atoms in total. The van der Waals surface area contributed by atoms with Crippen LogP contribution in [0.5, 0.6) is 0 Å². The highest BCUT2D eigenvalue weighted by molar-refractivity contribution is 5.71. The number of carbonyl (C=O) groups excluding carboxylic acids is 3. The van der Waals surface area contributed by atoms with Gasteiger partial charge in [0.25, 0.3) is 0 Å². The zero-order valence-corrected chi connectivity index (χ0v) is 43.5. The summed E-state index contributed by atoms with van der Waals surface area (Å²) in [6, 6.07) is 0. The lowest BCUT2D eigenvalue weighted by molar-refractivity contribution is -0.167. The molecule has 0 saturated heterocycles. The number of rotatable bonds is 52. The Hall–Kier alpha value is -2.37. The Morgan fingerprint density at radius 2 is 0.554 bits per heavy atom. The topological polar surface area (TPSA) is 78.9 Å². The fourth-order valence-electron chi connectivity index (χ4n) is 8.29. The summed E-state index contributed by atoms with van der Waals surface area (Å²) < 4.78 is 16.9. The van der Waals surface area contributed by atoms with Gasteiger partial charge in [0.15, 0.2) is 6.10 Å². The summed E-state index contributed by atoms with van der Waals surface area (Å²) in [5, 5.41) is 0. The van der Waals surface area contributed by atoms with Crippen LogP contribution in [-0.4, -0.2) is 37.2 Å². The van der Waals surface area contributed by atoms with Crippen molar-refractivity contribution < 1.29 is 28.6 Å². The van der Waals surface area contributed by atoms with Gasteiger partial charge < -0.3 is 14.2 Å². The van der Waals surface area contributed by atoms with Gasteiger partial charge in [-0.1, -0.05) is 243 Å². The Bertz CT molecular complexity index is 1090. The molecule has 0 rings (SSSR count). The molecular weight excluding hydrogens is 805 g/mol. The highest BCUT2D eigenvalue weighted by atomic mass is 16.6. The molecule has 1 unspecified atom stereocenters. The summed E-state index contributed by atoms with van der Waals surface area (Å²) >= 11 is 0. The van der Waals surface area contributed by atoms with Gasteiger partial charge in [0.05, 0.1) is 0 Å². The molecule has 6 heteroatoms. The van der Waals surface area contributed by atoms with Gasteiger partial charge in [-0.05, 0) is 77.0 Å². The van der Waals surface area contributed by atoms with Gasteiger partial charge >= 0.3 is 17.9 Å². The van der Waals surface area contributed by atoms with Crippen molar-refractivity contribution in [3.63, 3.8) is 0 Å². The predicted octanol–water partition coefficient (Wildman–Crippen LogP) is 18.9. The van der Waals surface area contributed by atoms with E-state index in [1.165, 1.54) is 180 Å². The smallest absolute Gasteiger partial charge is 0.306 e. The second-order valence-electron chi connectivity index (χ2n) is 19.2. The van der Waals surface area contributed by atoms with Crippen LogP contribution in [0.3, 0.4) is 0 Å². The summed E-state index contributed by atoms with van der Waals surface area (Å²) in [5.41, 5.74) is 0. The van der Waals surface area contributed by atoms with Gasteiger partial charge in [-0.3, -0.25) is 14.4 Å². The van der Waals surface area contributed by atoms with Crippen molar-refractivity contribution in [2.24, 2.45) is 0 Å². The molecule has 0 radical (unpaired) electrons. The molecule has 0 amide bonds. The minimum absolute atomic E-state index is 0.0777. The summed E-state index contributed by atoms with van der Waals surface area (Å²) in [6.07, 6.45) is 64.1. The van der Waals surface area contributed by atoms with Crippen molar-refractivity contribution in [3.8, 4) is 0 Å². The molecule has 0 fully saturated rings. The lowest BCUT2D eigenvalue weighted by atomic mass is 10.0. The Labute approximate surface area is 404 Å². The number of unbranched alkanes of at least 4 members (excludes halogenated alkanes) is 35. The molecular formula is C59H108O6. The van der Waals surface area contributed by atoms with Crippen LogP contribution in [0, 0.1) is 0 Å². The second-order valence-corrected chi connectivity index (χ2v) is 19.2. The average molecular weight is 914 g/mol. The van der Waals surface area contributed by atoms with Gasteiger partial charge in [0, 0.05) is 19.3 Å². The Balaban J connectivity index is 4.37. The minimum atomic E-state index is -0.778. The first kappa shape index (κ1) is 62.6. The van der Waals surface area contributed by atoms with E-state index in [1.807, 2.05) is 0 Å². The van der Waals surface area contributed by atoms with Gasteiger partial charge in [0.1, 0.15) is 13.2 Å². The van der Waals surface area contributed by atoms with E-state index in [4.69, 9.17) is 14.2 Å². The lowest BCUT2D eigenvalue weighted by Gasteiger charge is -2.18. The number of ether oxygens (including phenoxy) is 3. The van der Waals surface area contributed by atoms with Crippen LogP contribution >= 0.6 is 0 Å². The van der Waals surface area contributed by atoms with Crippen molar-refractivity contribution in [1.29, 1.82) is 0 Å². The Kier molecular flexibility index (Phi) is 52.3. The van der Waals surface area contributed by atoms with Crippen molar-refractivity contribution >= 4 is 17.9 Å². The summed E-state index contributed by atoms with van der Waals surface area (Å²) in [7, 11) is 0. The zero-order valence-electron chi connectivity index (χ0n) is 43.5. The molecule has 1 atom stereocenters. The standard InChI is InChI=1S/C59H108O6/c1-4-7-10-13-16-19-22-25-28-31-34-37-40-43-46-49-52-58(61)64-55-56(54-63-57(60)51-48-45-42-39-36-33-30-27-24-21-18-15-12-9-6-3)65-59(62)53-50-47-44-41-38-35-32-29-26-23-20-17-14-11-8-5-2/h18,21,27-28,30-31,56H,4-17,19-20,22-26,29,32-55H2,1-3H3/b21-18-,30-27-,31-28-. The zero-order chi connectivity index (χ0) is 47.2.